The Morgan fingerprint density at radius 3 is 1.96 bits per heavy atom. The average Bonchev–Trinajstić information content (AvgIpc) is 3.06. The molecule has 3 rings (SSSR count). The van der Waals surface area contributed by atoms with Gasteiger partial charge in [0.15, 0.2) is 0 Å². The third-order valence-electron chi connectivity index (χ3n) is 7.34. The van der Waals surface area contributed by atoms with Crippen molar-refractivity contribution in [2.45, 2.75) is 56.0 Å². The summed E-state index contributed by atoms with van der Waals surface area (Å²) in [5.74, 6) is -1.59. The molecule has 0 fully saturated rings. The van der Waals surface area contributed by atoms with Gasteiger partial charge in [-0.1, -0.05) is 80.9 Å². The van der Waals surface area contributed by atoms with Crippen molar-refractivity contribution in [1.29, 1.82) is 0 Å². The molecule has 262 valence electrons. The molecule has 0 aliphatic rings. The van der Waals surface area contributed by atoms with Crippen LogP contribution in [0.2, 0.25) is 0 Å². The van der Waals surface area contributed by atoms with Crippen LogP contribution in [0.1, 0.15) is 51.5 Å². The fourth-order valence-corrected chi connectivity index (χ4v) is 7.17. The molecule has 0 bridgehead atoms. The minimum absolute atomic E-state index is 0. The van der Waals surface area contributed by atoms with Crippen LogP contribution in [0.3, 0.4) is 0 Å². The third-order valence-corrected chi connectivity index (χ3v) is 9.65. The number of nitrogen functional groups attached to an aromatic ring is 1. The SMILES string of the molecule is [2H]C(C(C)C)N([C@@H](CCCCNC(=O)[C@@H](NC(=O)OC)C(c1ccccc1)c1ccccc1)COP(=O)([O-])[O-])S(=O)(=O)c1ccc(N)cc1.[Na+].[Na+]. The second-order valence-electron chi connectivity index (χ2n) is 11.4. The summed E-state index contributed by atoms with van der Waals surface area (Å²) in [5.41, 5.74) is 7.60. The van der Waals surface area contributed by atoms with Crippen molar-refractivity contribution in [2.75, 3.05) is 32.5 Å². The fourth-order valence-electron chi connectivity index (χ4n) is 5.13. The number of carbonyl (C=O) groups excluding carboxylic acids is 2. The van der Waals surface area contributed by atoms with Gasteiger partial charge in [0.05, 0.1) is 26.4 Å². The molecule has 2 amide bonds. The molecule has 13 nitrogen and oxygen atoms in total. The number of sulfonamides is 1. The van der Waals surface area contributed by atoms with E-state index in [2.05, 4.69) is 15.2 Å². The van der Waals surface area contributed by atoms with Gasteiger partial charge < -0.3 is 40.0 Å². The first kappa shape index (κ1) is 44.4. The van der Waals surface area contributed by atoms with Gasteiger partial charge in [-0.15, -0.1) is 0 Å². The van der Waals surface area contributed by atoms with E-state index < -0.39 is 66.9 Å². The number of hydrogen-bond donors (Lipinski definition) is 3. The summed E-state index contributed by atoms with van der Waals surface area (Å²) < 4.78 is 58.0. The zero-order valence-corrected chi connectivity index (χ0v) is 34.8. The van der Waals surface area contributed by atoms with Crippen LogP contribution in [0.25, 0.3) is 0 Å². The van der Waals surface area contributed by atoms with Gasteiger partial charge >= 0.3 is 65.2 Å². The zero-order valence-electron chi connectivity index (χ0n) is 30.1. The van der Waals surface area contributed by atoms with Crippen molar-refractivity contribution >= 4 is 35.5 Å². The minimum atomic E-state index is -5.49. The number of methoxy groups -OCH3 is 1. The minimum Gasteiger partial charge on any atom is -0.790 e. The molecule has 4 N–H and O–H groups in total. The summed E-state index contributed by atoms with van der Waals surface area (Å²) in [6.45, 7) is 1.22. The Bertz CT molecular complexity index is 1620. The fraction of sp³-hybridized carbons (Fsp3) is 0.394. The summed E-state index contributed by atoms with van der Waals surface area (Å²) in [4.78, 5) is 48.7. The first-order valence-electron chi connectivity index (χ1n) is 15.9. The van der Waals surface area contributed by atoms with E-state index in [0.717, 1.165) is 15.4 Å². The van der Waals surface area contributed by atoms with Gasteiger partial charge in [-0.2, -0.15) is 4.31 Å². The van der Waals surface area contributed by atoms with Crippen molar-refractivity contribution < 1.29 is 102 Å². The number of nitrogens with zero attached hydrogens (tertiary/aromatic N) is 1. The number of unbranched alkanes of at least 4 members (excludes halogenated alkanes) is 1. The maximum Gasteiger partial charge on any atom is 1.00 e. The smallest absolute Gasteiger partial charge is 0.790 e. The Hall–Kier alpha value is -1.78. The third kappa shape index (κ3) is 14.7. The largest absolute Gasteiger partial charge is 1.00 e. The number of benzene rings is 3. The van der Waals surface area contributed by atoms with Crippen LogP contribution >= 0.6 is 7.82 Å². The Kier molecular flexibility index (Phi) is 19.8. The first-order chi connectivity index (χ1) is 23.2. The Morgan fingerprint density at radius 1 is 0.940 bits per heavy atom. The molecule has 17 heteroatoms. The first-order valence-corrected chi connectivity index (χ1v) is 18.3. The van der Waals surface area contributed by atoms with E-state index in [0.29, 0.717) is 12.1 Å². The van der Waals surface area contributed by atoms with Gasteiger partial charge in [0.1, 0.15) is 6.04 Å². The molecule has 0 saturated heterocycles. The van der Waals surface area contributed by atoms with Crippen molar-refractivity contribution in [3.8, 4) is 0 Å². The standard InChI is InChI=1S/C33H45N4O9PS.2Na/c1-24(2)22-37(48(43,44)29-19-17-27(34)18-20-29)28(23-46-47(40,41)42)16-10-11-21-35-32(38)31(36-33(39)45-3)30(25-12-6-4-7-13-25)26-14-8-5-9-15-26;;/h4-9,12-15,17-20,24,28,30-31H,10-11,16,21-23,34H2,1-3H3,(H,35,38)(H,36,39)(H2,40,41,42);;/q;2*+1/p-2/t28-,31-;;/m0../s1/i22D;;/t22?,28-,31-;;. The molecule has 3 aromatic carbocycles. The van der Waals surface area contributed by atoms with E-state index in [9.17, 15) is 32.4 Å². The van der Waals surface area contributed by atoms with Crippen LogP contribution in [-0.2, 0) is 28.6 Å². The van der Waals surface area contributed by atoms with E-state index in [1.807, 2.05) is 60.7 Å². The summed E-state index contributed by atoms with van der Waals surface area (Å²) >= 11 is 0. The van der Waals surface area contributed by atoms with Gasteiger partial charge in [-0.25, -0.2) is 13.2 Å². The number of ether oxygens (including phenoxy) is 1. The summed E-state index contributed by atoms with van der Waals surface area (Å²) in [6, 6.07) is 21.4. The maximum absolute atomic E-state index is 13.8. The molecule has 0 aliphatic carbocycles. The summed E-state index contributed by atoms with van der Waals surface area (Å²) in [6.07, 6.45) is -0.273. The number of hydrogen-bond acceptors (Lipinski definition) is 10. The number of nitrogens with two attached hydrogens (primary N) is 1. The van der Waals surface area contributed by atoms with Gasteiger partial charge in [-0.3, -0.25) is 4.79 Å². The second kappa shape index (κ2) is 22.3. The van der Waals surface area contributed by atoms with E-state index in [1.54, 1.807) is 13.8 Å². The Morgan fingerprint density at radius 2 is 1.48 bits per heavy atom. The number of nitrogens with one attached hydrogen (secondary N) is 2. The van der Waals surface area contributed by atoms with Gasteiger partial charge in [0.2, 0.25) is 15.9 Å². The summed E-state index contributed by atoms with van der Waals surface area (Å²) in [5, 5.41) is 5.48. The topological polar surface area (TPSA) is 203 Å². The number of phosphoric ester groups is 1. The second-order valence-corrected chi connectivity index (χ2v) is 14.4. The van der Waals surface area contributed by atoms with E-state index in [-0.39, 0.29) is 83.4 Å². The predicted molar refractivity (Wildman–Crippen MR) is 178 cm³/mol. The van der Waals surface area contributed by atoms with E-state index >= 15 is 0 Å². The molecule has 0 aromatic heterocycles. The van der Waals surface area contributed by atoms with Crippen LogP contribution < -0.4 is 85.3 Å². The van der Waals surface area contributed by atoms with Crippen LogP contribution in [0, 0.1) is 5.92 Å². The van der Waals surface area contributed by atoms with Crippen LogP contribution in [0.15, 0.2) is 89.8 Å². The monoisotopic (exact) mass is 749 g/mol. The van der Waals surface area contributed by atoms with Crippen LogP contribution in [-0.4, -0.2) is 63.6 Å². The molecule has 3 aromatic rings. The van der Waals surface area contributed by atoms with Crippen LogP contribution in [0.4, 0.5) is 10.5 Å². The molecule has 0 spiro atoms. The molecule has 0 saturated carbocycles. The normalized spacial score (nSPS) is 13.7. The number of amides is 2. The molecule has 1 unspecified atom stereocenters. The molecular formula is C33H43N4Na2O9PS. The molecule has 0 aliphatic heterocycles. The number of carbonyl (C=O) groups is 2. The van der Waals surface area contributed by atoms with Crippen molar-refractivity contribution in [3.05, 3.63) is 96.1 Å². The van der Waals surface area contributed by atoms with E-state index in [1.165, 1.54) is 31.4 Å². The predicted octanol–water partition coefficient (Wildman–Crippen LogP) is -3.02. The molecule has 3 atom stereocenters. The number of anilines is 1. The van der Waals surface area contributed by atoms with E-state index in [4.69, 9.17) is 11.8 Å². The summed E-state index contributed by atoms with van der Waals surface area (Å²) in [7, 11) is -8.67. The Balaban J connectivity index is 0.00000650. The Labute approximate surface area is 340 Å². The van der Waals surface area contributed by atoms with Crippen molar-refractivity contribution in [3.63, 3.8) is 0 Å². The zero-order chi connectivity index (χ0) is 36.2. The number of phosphoric acid groups is 1. The molecular weight excluding hydrogens is 705 g/mol. The number of alkyl carbamates (subject to hydrolysis) is 1. The van der Waals surface area contributed by atoms with Crippen molar-refractivity contribution in [2.24, 2.45) is 5.92 Å². The number of rotatable bonds is 18. The van der Waals surface area contributed by atoms with Gasteiger partial charge in [0, 0.05) is 32.1 Å². The quantitative estimate of drug-likeness (QED) is 0.0520. The maximum atomic E-state index is 13.8. The van der Waals surface area contributed by atoms with Gasteiger partial charge in [0.25, 0.3) is 0 Å². The van der Waals surface area contributed by atoms with Gasteiger partial charge in [-0.05, 0) is 54.2 Å². The van der Waals surface area contributed by atoms with Crippen molar-refractivity contribution in [1.82, 2.24) is 14.9 Å². The molecule has 0 heterocycles. The van der Waals surface area contributed by atoms with Crippen LogP contribution in [0.5, 0.6) is 0 Å². The average molecular weight is 750 g/mol. The molecule has 0 radical (unpaired) electrons. The molecule has 50 heavy (non-hydrogen) atoms.